The summed E-state index contributed by atoms with van der Waals surface area (Å²) in [5.74, 6) is 0.872. The quantitative estimate of drug-likeness (QED) is 0.557. The molecule has 2 atom stereocenters. The molecule has 0 aliphatic carbocycles. The first kappa shape index (κ1) is 21.0. The molecule has 1 aromatic carbocycles. The van der Waals surface area contributed by atoms with Crippen molar-refractivity contribution >= 4 is 11.3 Å². The SMILES string of the molecule is CC1CN(C(CNCc2cccc(OCc3ccccn3)c2)c2cccs2)CCO1. The highest BCUT2D eigenvalue weighted by Crippen LogP contribution is 2.26. The fraction of sp³-hybridized carbons (Fsp3) is 0.375. The van der Waals surface area contributed by atoms with Crippen molar-refractivity contribution < 1.29 is 9.47 Å². The second-order valence-electron chi connectivity index (χ2n) is 7.60. The standard InChI is InChI=1S/C24H29N3O2S/c1-19-17-27(11-12-28-19)23(24-9-5-13-30-24)16-25-15-20-6-4-8-22(14-20)29-18-21-7-2-3-10-26-21/h2-10,13-14,19,23,25H,11-12,15-18H2,1H3. The fourth-order valence-electron chi connectivity index (χ4n) is 3.76. The Morgan fingerprint density at radius 1 is 1.23 bits per heavy atom. The molecule has 3 heterocycles. The highest BCUT2D eigenvalue weighted by atomic mass is 32.1. The van der Waals surface area contributed by atoms with Crippen LogP contribution in [-0.4, -0.2) is 42.2 Å². The molecule has 0 bridgehead atoms. The van der Waals surface area contributed by atoms with Gasteiger partial charge in [0, 0.05) is 37.3 Å². The zero-order chi connectivity index (χ0) is 20.6. The summed E-state index contributed by atoms with van der Waals surface area (Å²) in [4.78, 5) is 8.26. The molecule has 0 spiro atoms. The van der Waals surface area contributed by atoms with Crippen molar-refractivity contribution in [2.24, 2.45) is 0 Å². The van der Waals surface area contributed by atoms with E-state index in [4.69, 9.17) is 9.47 Å². The van der Waals surface area contributed by atoms with Crippen LogP contribution in [0.3, 0.4) is 0 Å². The van der Waals surface area contributed by atoms with E-state index in [2.05, 4.69) is 51.8 Å². The molecular formula is C24H29N3O2S. The minimum atomic E-state index is 0.286. The van der Waals surface area contributed by atoms with Gasteiger partial charge in [-0.1, -0.05) is 24.3 Å². The topological polar surface area (TPSA) is 46.6 Å². The lowest BCUT2D eigenvalue weighted by Gasteiger charge is -2.37. The van der Waals surface area contributed by atoms with Crippen LogP contribution in [0.2, 0.25) is 0 Å². The summed E-state index contributed by atoms with van der Waals surface area (Å²) in [6, 6.07) is 18.9. The number of hydrogen-bond donors (Lipinski definition) is 1. The number of aromatic nitrogens is 1. The molecule has 3 aromatic rings. The van der Waals surface area contributed by atoms with Crippen LogP contribution in [-0.2, 0) is 17.9 Å². The van der Waals surface area contributed by atoms with Crippen molar-refractivity contribution in [3.63, 3.8) is 0 Å². The molecule has 4 rings (SSSR count). The van der Waals surface area contributed by atoms with Crippen LogP contribution in [0.15, 0.2) is 66.2 Å². The van der Waals surface area contributed by atoms with Gasteiger partial charge in [0.1, 0.15) is 12.4 Å². The minimum Gasteiger partial charge on any atom is -0.487 e. The van der Waals surface area contributed by atoms with Crippen LogP contribution in [0, 0.1) is 0 Å². The predicted molar refractivity (Wildman–Crippen MR) is 121 cm³/mol. The van der Waals surface area contributed by atoms with Gasteiger partial charge in [-0.05, 0) is 48.2 Å². The van der Waals surface area contributed by atoms with Crippen molar-refractivity contribution in [1.29, 1.82) is 0 Å². The Hall–Kier alpha value is -2.25. The molecule has 1 aliphatic heterocycles. The first-order chi connectivity index (χ1) is 14.8. The van der Waals surface area contributed by atoms with E-state index in [1.54, 1.807) is 6.20 Å². The highest BCUT2D eigenvalue weighted by Gasteiger charge is 2.25. The van der Waals surface area contributed by atoms with Gasteiger partial charge in [0.2, 0.25) is 0 Å². The lowest BCUT2D eigenvalue weighted by molar-refractivity contribution is -0.0339. The maximum atomic E-state index is 5.92. The van der Waals surface area contributed by atoms with Crippen molar-refractivity contribution in [2.75, 3.05) is 26.2 Å². The molecule has 158 valence electrons. The number of morpholine rings is 1. The van der Waals surface area contributed by atoms with Gasteiger partial charge in [-0.15, -0.1) is 11.3 Å². The summed E-state index contributed by atoms with van der Waals surface area (Å²) in [6.45, 7) is 7.11. The normalized spacial score (nSPS) is 18.2. The molecule has 1 saturated heterocycles. The molecule has 6 heteroatoms. The Kier molecular flexibility index (Phi) is 7.48. The highest BCUT2D eigenvalue weighted by molar-refractivity contribution is 7.10. The Bertz CT molecular complexity index is 888. The van der Waals surface area contributed by atoms with E-state index in [0.29, 0.717) is 12.6 Å². The molecule has 2 aromatic heterocycles. The number of thiophene rings is 1. The first-order valence-corrected chi connectivity index (χ1v) is 11.4. The van der Waals surface area contributed by atoms with E-state index in [-0.39, 0.29) is 6.10 Å². The van der Waals surface area contributed by atoms with Crippen LogP contribution in [0.25, 0.3) is 0 Å². The van der Waals surface area contributed by atoms with Crippen LogP contribution in [0.4, 0.5) is 0 Å². The third kappa shape index (κ3) is 5.89. The van der Waals surface area contributed by atoms with Crippen LogP contribution in [0.5, 0.6) is 5.75 Å². The number of nitrogens with one attached hydrogen (secondary N) is 1. The first-order valence-electron chi connectivity index (χ1n) is 10.5. The number of hydrogen-bond acceptors (Lipinski definition) is 6. The Morgan fingerprint density at radius 2 is 2.20 bits per heavy atom. The molecule has 1 aliphatic rings. The van der Waals surface area contributed by atoms with Gasteiger partial charge < -0.3 is 14.8 Å². The largest absolute Gasteiger partial charge is 0.487 e. The van der Waals surface area contributed by atoms with Crippen molar-refractivity contribution in [1.82, 2.24) is 15.2 Å². The zero-order valence-electron chi connectivity index (χ0n) is 17.4. The molecule has 1 fully saturated rings. The Morgan fingerprint density at radius 3 is 3.00 bits per heavy atom. The van der Waals surface area contributed by atoms with E-state index in [1.165, 1.54) is 10.4 Å². The molecule has 0 saturated carbocycles. The Balaban J connectivity index is 1.33. The number of benzene rings is 1. The summed E-state index contributed by atoms with van der Waals surface area (Å²) in [7, 11) is 0. The van der Waals surface area contributed by atoms with Crippen molar-refractivity contribution in [3.05, 3.63) is 82.3 Å². The monoisotopic (exact) mass is 423 g/mol. The average molecular weight is 424 g/mol. The average Bonchev–Trinajstić information content (AvgIpc) is 3.31. The predicted octanol–water partition coefficient (Wildman–Crippen LogP) is 4.27. The van der Waals surface area contributed by atoms with Gasteiger partial charge in [-0.2, -0.15) is 0 Å². The second-order valence-corrected chi connectivity index (χ2v) is 8.57. The third-order valence-electron chi connectivity index (χ3n) is 5.26. The lowest BCUT2D eigenvalue weighted by Crippen LogP contribution is -2.45. The zero-order valence-corrected chi connectivity index (χ0v) is 18.2. The van der Waals surface area contributed by atoms with E-state index in [9.17, 15) is 0 Å². The second kappa shape index (κ2) is 10.7. The fourth-order valence-corrected chi connectivity index (χ4v) is 4.62. The molecular weight excluding hydrogens is 394 g/mol. The molecule has 2 unspecified atom stereocenters. The van der Waals surface area contributed by atoms with Gasteiger partial charge in [0.25, 0.3) is 0 Å². The number of nitrogens with zero attached hydrogens (tertiary/aromatic N) is 2. The van der Waals surface area contributed by atoms with Gasteiger partial charge in [-0.25, -0.2) is 0 Å². The maximum Gasteiger partial charge on any atom is 0.130 e. The van der Waals surface area contributed by atoms with E-state index in [0.717, 1.165) is 44.2 Å². The summed E-state index contributed by atoms with van der Waals surface area (Å²) < 4.78 is 11.7. The third-order valence-corrected chi connectivity index (χ3v) is 6.24. The van der Waals surface area contributed by atoms with Crippen LogP contribution >= 0.6 is 11.3 Å². The molecule has 0 amide bonds. The molecule has 30 heavy (non-hydrogen) atoms. The van der Waals surface area contributed by atoms with Gasteiger partial charge in [0.15, 0.2) is 0 Å². The van der Waals surface area contributed by atoms with Gasteiger partial charge in [0.05, 0.1) is 24.4 Å². The van der Waals surface area contributed by atoms with Crippen LogP contribution < -0.4 is 10.1 Å². The summed E-state index contributed by atoms with van der Waals surface area (Å²) in [5, 5.41) is 5.82. The number of pyridine rings is 1. The van der Waals surface area contributed by atoms with Crippen molar-refractivity contribution in [3.8, 4) is 5.75 Å². The maximum absolute atomic E-state index is 5.92. The lowest BCUT2D eigenvalue weighted by atomic mass is 10.1. The van der Waals surface area contributed by atoms with E-state index < -0.39 is 0 Å². The molecule has 1 N–H and O–H groups in total. The summed E-state index contributed by atoms with van der Waals surface area (Å²) in [5.41, 5.74) is 2.15. The van der Waals surface area contributed by atoms with Gasteiger partial charge in [-0.3, -0.25) is 9.88 Å². The molecule has 5 nitrogen and oxygen atoms in total. The van der Waals surface area contributed by atoms with Crippen molar-refractivity contribution in [2.45, 2.75) is 32.2 Å². The molecule has 0 radical (unpaired) electrons. The minimum absolute atomic E-state index is 0.286. The Labute approximate surface area is 182 Å². The van der Waals surface area contributed by atoms with Gasteiger partial charge >= 0.3 is 0 Å². The number of ether oxygens (including phenoxy) is 2. The van der Waals surface area contributed by atoms with E-state index >= 15 is 0 Å². The smallest absolute Gasteiger partial charge is 0.130 e. The summed E-state index contributed by atoms with van der Waals surface area (Å²) in [6.07, 6.45) is 2.08. The number of rotatable bonds is 9. The van der Waals surface area contributed by atoms with E-state index in [1.807, 2.05) is 41.7 Å². The van der Waals surface area contributed by atoms with Crippen LogP contribution in [0.1, 0.15) is 29.1 Å². The summed E-state index contributed by atoms with van der Waals surface area (Å²) >= 11 is 1.83.